The van der Waals surface area contributed by atoms with E-state index >= 15 is 0 Å². The fourth-order valence-corrected chi connectivity index (χ4v) is 4.97. The van der Waals surface area contributed by atoms with Gasteiger partial charge < -0.3 is 15.7 Å². The van der Waals surface area contributed by atoms with Crippen molar-refractivity contribution in [2.45, 2.75) is 37.6 Å². The maximum absolute atomic E-state index is 13.1. The minimum Gasteiger partial charge on any atom is -0.506 e. The summed E-state index contributed by atoms with van der Waals surface area (Å²) in [5.41, 5.74) is 0.114. The number of hydrogen-bond donors (Lipinski definition) is 3. The van der Waals surface area contributed by atoms with Crippen LogP contribution >= 0.6 is 0 Å². The third kappa shape index (κ3) is 5.25. The van der Waals surface area contributed by atoms with Crippen molar-refractivity contribution >= 4 is 27.5 Å². The van der Waals surface area contributed by atoms with E-state index in [0.717, 1.165) is 25.0 Å². The van der Waals surface area contributed by atoms with Crippen LogP contribution in [-0.4, -0.2) is 48.8 Å². The minimum absolute atomic E-state index is 0.0380. The Morgan fingerprint density at radius 2 is 1.69 bits per heavy atom. The van der Waals surface area contributed by atoms with Gasteiger partial charge in [0, 0.05) is 18.7 Å². The molecule has 0 bridgehead atoms. The molecule has 8 nitrogen and oxygen atoms in total. The molecule has 0 saturated carbocycles. The first-order valence-corrected chi connectivity index (χ1v) is 11.7. The van der Waals surface area contributed by atoms with Crippen molar-refractivity contribution in [3.8, 4) is 5.75 Å². The van der Waals surface area contributed by atoms with Crippen molar-refractivity contribution in [2.24, 2.45) is 5.92 Å². The average Bonchev–Trinajstić information content (AvgIpc) is 3.29. The summed E-state index contributed by atoms with van der Waals surface area (Å²) in [6.07, 6.45) is 1.56. The van der Waals surface area contributed by atoms with Crippen molar-refractivity contribution in [1.82, 2.24) is 9.62 Å². The van der Waals surface area contributed by atoms with E-state index in [4.69, 9.17) is 0 Å². The molecule has 1 saturated heterocycles. The molecule has 0 radical (unpaired) electrons. The third-order valence-electron chi connectivity index (χ3n) is 5.27. The molecule has 1 atom stereocenters. The number of halogens is 1. The number of benzene rings is 2. The summed E-state index contributed by atoms with van der Waals surface area (Å²) < 4.78 is 40.1. The Kier molecular flexibility index (Phi) is 7.15. The van der Waals surface area contributed by atoms with Gasteiger partial charge in [-0.05, 0) is 61.2 Å². The molecular weight excluding hydrogens is 437 g/mol. The summed E-state index contributed by atoms with van der Waals surface area (Å²) in [6.45, 7) is 4.30. The second-order valence-corrected chi connectivity index (χ2v) is 9.92. The number of phenolic OH excluding ortho intramolecular Hbond substituents is 1. The van der Waals surface area contributed by atoms with E-state index in [9.17, 15) is 27.5 Å². The summed E-state index contributed by atoms with van der Waals surface area (Å²) in [7, 11) is -3.74. The molecule has 0 aliphatic carbocycles. The summed E-state index contributed by atoms with van der Waals surface area (Å²) in [5, 5.41) is 15.3. The number of phenols is 1. The molecule has 1 fully saturated rings. The van der Waals surface area contributed by atoms with Gasteiger partial charge in [-0.1, -0.05) is 13.8 Å². The zero-order valence-electron chi connectivity index (χ0n) is 17.8. The highest BCUT2D eigenvalue weighted by Gasteiger charge is 2.29. The predicted molar refractivity (Wildman–Crippen MR) is 117 cm³/mol. The number of aromatic hydroxyl groups is 1. The van der Waals surface area contributed by atoms with Crippen LogP contribution in [0.2, 0.25) is 0 Å². The normalized spacial score (nSPS) is 15.5. The molecule has 172 valence electrons. The molecule has 0 spiro atoms. The van der Waals surface area contributed by atoms with Crippen LogP contribution in [0.15, 0.2) is 47.4 Å². The number of rotatable bonds is 7. The van der Waals surface area contributed by atoms with Gasteiger partial charge in [-0.2, -0.15) is 4.31 Å². The van der Waals surface area contributed by atoms with Crippen LogP contribution in [-0.2, 0) is 14.8 Å². The second kappa shape index (κ2) is 9.66. The molecule has 1 heterocycles. The van der Waals surface area contributed by atoms with Gasteiger partial charge in [0.25, 0.3) is 5.91 Å². The van der Waals surface area contributed by atoms with Crippen LogP contribution < -0.4 is 10.6 Å². The quantitative estimate of drug-likeness (QED) is 0.546. The fraction of sp³-hybridized carbons (Fsp3) is 0.364. The molecule has 32 heavy (non-hydrogen) atoms. The Bertz CT molecular complexity index is 1100. The number of nitrogens with one attached hydrogen (secondary N) is 2. The molecule has 3 rings (SSSR count). The van der Waals surface area contributed by atoms with Crippen molar-refractivity contribution < 1.29 is 27.5 Å². The number of amides is 2. The van der Waals surface area contributed by atoms with E-state index < -0.39 is 33.7 Å². The van der Waals surface area contributed by atoms with Gasteiger partial charge in [0.1, 0.15) is 17.6 Å². The lowest BCUT2D eigenvalue weighted by Gasteiger charge is -2.22. The lowest BCUT2D eigenvalue weighted by molar-refractivity contribution is -0.118. The second-order valence-electron chi connectivity index (χ2n) is 7.98. The summed E-state index contributed by atoms with van der Waals surface area (Å²) in [6, 6.07) is 7.62. The van der Waals surface area contributed by atoms with Gasteiger partial charge in [0.15, 0.2) is 0 Å². The maximum Gasteiger partial charge on any atom is 0.251 e. The number of anilines is 1. The molecule has 0 unspecified atom stereocenters. The first-order valence-electron chi connectivity index (χ1n) is 10.3. The molecule has 1 aliphatic heterocycles. The van der Waals surface area contributed by atoms with E-state index in [-0.39, 0.29) is 27.8 Å². The van der Waals surface area contributed by atoms with Crippen LogP contribution in [0, 0.1) is 11.7 Å². The first kappa shape index (κ1) is 23.7. The molecule has 10 heteroatoms. The zero-order chi connectivity index (χ0) is 23.5. The maximum atomic E-state index is 13.1. The number of carbonyl (C=O) groups excluding carboxylic acids is 2. The highest BCUT2D eigenvalue weighted by molar-refractivity contribution is 7.89. The van der Waals surface area contributed by atoms with Crippen molar-refractivity contribution in [2.75, 3.05) is 18.4 Å². The van der Waals surface area contributed by atoms with Gasteiger partial charge in [-0.25, -0.2) is 12.8 Å². The minimum atomic E-state index is -3.74. The number of hydrogen-bond acceptors (Lipinski definition) is 5. The number of nitrogens with zero attached hydrogens (tertiary/aromatic N) is 1. The van der Waals surface area contributed by atoms with Crippen LogP contribution in [0.5, 0.6) is 5.75 Å². The standard InChI is InChI=1S/C22H26FN3O5S/c1-14(2)20(25-21(28)15-5-7-16(23)8-6-15)22(29)24-18-13-17(9-10-19(18)27)32(30,31)26-11-3-4-12-26/h5-10,13-14,20,27H,3-4,11-12H2,1-2H3,(H,24,29)(H,25,28)/t20-/m0/s1. The van der Waals surface area contributed by atoms with Crippen molar-refractivity contribution in [3.05, 3.63) is 53.8 Å². The number of carbonyl (C=O) groups is 2. The van der Waals surface area contributed by atoms with Gasteiger partial charge in [-0.15, -0.1) is 0 Å². The lowest BCUT2D eigenvalue weighted by atomic mass is 10.0. The van der Waals surface area contributed by atoms with E-state index in [0.29, 0.717) is 13.1 Å². The van der Waals surface area contributed by atoms with Gasteiger partial charge in [-0.3, -0.25) is 9.59 Å². The molecule has 2 aromatic rings. The number of sulfonamides is 1. The van der Waals surface area contributed by atoms with Crippen LogP contribution in [0.25, 0.3) is 0 Å². The SMILES string of the molecule is CC(C)[C@H](NC(=O)c1ccc(F)cc1)C(=O)Nc1cc(S(=O)(=O)N2CCCC2)ccc1O. The highest BCUT2D eigenvalue weighted by atomic mass is 32.2. The zero-order valence-corrected chi connectivity index (χ0v) is 18.7. The van der Waals surface area contributed by atoms with Gasteiger partial charge >= 0.3 is 0 Å². The summed E-state index contributed by atoms with van der Waals surface area (Å²) in [4.78, 5) is 25.3. The largest absolute Gasteiger partial charge is 0.506 e. The van der Waals surface area contributed by atoms with E-state index in [2.05, 4.69) is 10.6 Å². The smallest absolute Gasteiger partial charge is 0.251 e. The average molecular weight is 464 g/mol. The third-order valence-corrected chi connectivity index (χ3v) is 7.17. The van der Waals surface area contributed by atoms with Gasteiger partial charge in [0.2, 0.25) is 15.9 Å². The molecule has 0 aromatic heterocycles. The Labute approximate surface area is 186 Å². The monoisotopic (exact) mass is 463 g/mol. The Morgan fingerprint density at radius 3 is 2.28 bits per heavy atom. The Balaban J connectivity index is 1.79. The topological polar surface area (TPSA) is 116 Å². The van der Waals surface area contributed by atoms with Crippen LogP contribution in [0.1, 0.15) is 37.0 Å². The first-order chi connectivity index (χ1) is 15.1. The molecule has 2 amide bonds. The van der Waals surface area contributed by atoms with Crippen LogP contribution in [0.3, 0.4) is 0 Å². The van der Waals surface area contributed by atoms with Gasteiger partial charge in [0.05, 0.1) is 10.6 Å². The Hall–Kier alpha value is -2.98. The summed E-state index contributed by atoms with van der Waals surface area (Å²) in [5.74, 6) is -2.29. The van der Waals surface area contributed by atoms with E-state index in [1.54, 1.807) is 13.8 Å². The summed E-state index contributed by atoms with van der Waals surface area (Å²) >= 11 is 0. The molecule has 3 N–H and O–H groups in total. The predicted octanol–water partition coefficient (Wildman–Crippen LogP) is 2.71. The molecule has 2 aromatic carbocycles. The fourth-order valence-electron chi connectivity index (χ4n) is 3.42. The van der Waals surface area contributed by atoms with E-state index in [1.165, 1.54) is 34.6 Å². The van der Waals surface area contributed by atoms with Crippen LogP contribution in [0.4, 0.5) is 10.1 Å². The van der Waals surface area contributed by atoms with Crippen molar-refractivity contribution in [1.29, 1.82) is 0 Å². The molecular formula is C22H26FN3O5S. The molecule has 1 aliphatic rings. The highest BCUT2D eigenvalue weighted by Crippen LogP contribution is 2.29. The van der Waals surface area contributed by atoms with E-state index in [1.807, 2.05) is 0 Å². The van der Waals surface area contributed by atoms with Crippen molar-refractivity contribution in [3.63, 3.8) is 0 Å². The lowest BCUT2D eigenvalue weighted by Crippen LogP contribution is -2.47. The Morgan fingerprint density at radius 1 is 1.06 bits per heavy atom.